The summed E-state index contributed by atoms with van der Waals surface area (Å²) in [6.45, 7) is 0. The number of hydrogen-bond donors (Lipinski definition) is 0. The molecule has 2 nitrogen and oxygen atoms in total. The smallest absolute Gasteiger partial charge is 0.0780 e. The maximum Gasteiger partial charge on any atom is 0.0780 e. The molecule has 0 fully saturated rings. The van der Waals surface area contributed by atoms with E-state index in [9.17, 15) is 0 Å². The van der Waals surface area contributed by atoms with Crippen molar-refractivity contribution < 1.29 is 0 Å². The molecule has 2 heteroatoms. The predicted octanol–water partition coefficient (Wildman–Crippen LogP) is 12.3. The van der Waals surface area contributed by atoms with E-state index in [0.717, 1.165) is 39.4 Å². The molecule has 0 unspecified atom stereocenters. The monoisotopic (exact) mass is 602 g/mol. The molecule has 0 amide bonds. The zero-order valence-electron chi connectivity index (χ0n) is 26.0. The van der Waals surface area contributed by atoms with Crippen LogP contribution in [0.2, 0.25) is 0 Å². The van der Waals surface area contributed by atoms with E-state index in [2.05, 4.69) is 175 Å². The molecule has 0 aliphatic rings. The summed E-state index contributed by atoms with van der Waals surface area (Å²) in [7, 11) is 0. The van der Waals surface area contributed by atoms with Crippen LogP contribution in [0.3, 0.4) is 0 Å². The van der Waals surface area contributed by atoms with Crippen molar-refractivity contribution in [2.24, 2.45) is 0 Å². The fraction of sp³-hybridized carbons (Fsp3) is 0. The summed E-state index contributed by atoms with van der Waals surface area (Å²) in [6.07, 6.45) is 1.86. The first kappa shape index (κ1) is 29.5. The van der Waals surface area contributed by atoms with Crippen LogP contribution in [0, 0.1) is 0 Å². The first-order chi connectivity index (χ1) is 23.3. The summed E-state index contributed by atoms with van der Waals surface area (Å²) in [5, 5.41) is 0. The number of nitrogens with zero attached hydrogens (tertiary/aromatic N) is 2. The van der Waals surface area contributed by atoms with E-state index >= 15 is 0 Å². The third-order valence-electron chi connectivity index (χ3n) is 8.20. The van der Waals surface area contributed by atoms with Crippen LogP contribution in [0.25, 0.3) is 44.6 Å². The summed E-state index contributed by atoms with van der Waals surface area (Å²) in [6, 6.07) is 70.0. The molecule has 0 aliphatic heterocycles. The van der Waals surface area contributed by atoms with Crippen LogP contribution < -0.4 is 4.90 Å². The summed E-state index contributed by atoms with van der Waals surface area (Å²) in [4.78, 5) is 7.19. The van der Waals surface area contributed by atoms with E-state index in [1.54, 1.807) is 0 Å². The van der Waals surface area contributed by atoms with Gasteiger partial charge in [-0.25, -0.2) is 0 Å². The SMILES string of the molecule is c1cccnc(-c2ccccc2)c(-c2ccc(N(c3ccccc3)c3ccc(-c4ccc(-c5ccccc5)cc4)cc3)cc2)ccc1. The van der Waals surface area contributed by atoms with Crippen molar-refractivity contribution in [2.75, 3.05) is 4.90 Å². The van der Waals surface area contributed by atoms with Crippen molar-refractivity contribution in [3.63, 3.8) is 0 Å². The lowest BCUT2D eigenvalue weighted by Crippen LogP contribution is -2.09. The van der Waals surface area contributed by atoms with E-state index < -0.39 is 0 Å². The molecular formula is C45H34N2. The molecule has 0 aliphatic carbocycles. The van der Waals surface area contributed by atoms with Gasteiger partial charge in [0.05, 0.1) is 5.69 Å². The lowest BCUT2D eigenvalue weighted by molar-refractivity contribution is 1.28. The van der Waals surface area contributed by atoms with E-state index in [0.29, 0.717) is 0 Å². The molecule has 6 aromatic carbocycles. The molecule has 0 spiro atoms. The Morgan fingerprint density at radius 1 is 0.277 bits per heavy atom. The van der Waals surface area contributed by atoms with Gasteiger partial charge in [0, 0.05) is 34.4 Å². The van der Waals surface area contributed by atoms with Crippen LogP contribution >= 0.6 is 0 Å². The first-order valence-corrected chi connectivity index (χ1v) is 15.9. The Labute approximate surface area is 277 Å². The minimum Gasteiger partial charge on any atom is -0.311 e. The lowest BCUT2D eigenvalue weighted by atomic mass is 9.99. The molecule has 1 aromatic heterocycles. The Balaban J connectivity index is 1.24. The Kier molecular flexibility index (Phi) is 8.92. The zero-order valence-corrected chi connectivity index (χ0v) is 26.0. The van der Waals surface area contributed by atoms with Crippen molar-refractivity contribution >= 4 is 17.1 Å². The van der Waals surface area contributed by atoms with Crippen molar-refractivity contribution in [3.8, 4) is 44.6 Å². The Morgan fingerprint density at radius 3 is 1.21 bits per heavy atom. The zero-order chi connectivity index (χ0) is 31.7. The average Bonchev–Trinajstić information content (AvgIpc) is 3.15. The molecule has 1 heterocycles. The summed E-state index contributed by atoms with van der Waals surface area (Å²) in [5.74, 6) is 0. The molecule has 224 valence electrons. The van der Waals surface area contributed by atoms with Gasteiger partial charge in [0.1, 0.15) is 0 Å². The van der Waals surface area contributed by atoms with Gasteiger partial charge < -0.3 is 4.90 Å². The van der Waals surface area contributed by atoms with Crippen LogP contribution in [0.5, 0.6) is 0 Å². The van der Waals surface area contributed by atoms with Gasteiger partial charge in [-0.2, -0.15) is 0 Å². The summed E-state index contributed by atoms with van der Waals surface area (Å²) < 4.78 is 0. The highest BCUT2D eigenvalue weighted by molar-refractivity contribution is 5.83. The molecule has 0 saturated carbocycles. The molecule has 0 bridgehead atoms. The molecule has 7 rings (SSSR count). The van der Waals surface area contributed by atoms with Crippen molar-refractivity contribution in [2.45, 2.75) is 0 Å². The van der Waals surface area contributed by atoms with Crippen molar-refractivity contribution in [1.82, 2.24) is 4.98 Å². The van der Waals surface area contributed by atoms with Crippen LogP contribution in [-0.2, 0) is 0 Å². The second-order valence-corrected chi connectivity index (χ2v) is 11.2. The van der Waals surface area contributed by atoms with E-state index in [1.807, 2.05) is 36.5 Å². The first-order valence-electron chi connectivity index (χ1n) is 15.9. The lowest BCUT2D eigenvalue weighted by Gasteiger charge is -2.26. The third-order valence-corrected chi connectivity index (χ3v) is 8.20. The molecule has 0 N–H and O–H groups in total. The van der Waals surface area contributed by atoms with Crippen LogP contribution in [0.1, 0.15) is 0 Å². The van der Waals surface area contributed by atoms with Gasteiger partial charge in [0.15, 0.2) is 0 Å². The number of anilines is 3. The van der Waals surface area contributed by atoms with Gasteiger partial charge in [-0.05, 0) is 70.3 Å². The van der Waals surface area contributed by atoms with Crippen molar-refractivity contribution in [1.29, 1.82) is 0 Å². The van der Waals surface area contributed by atoms with E-state index in [1.165, 1.54) is 22.3 Å². The predicted molar refractivity (Wildman–Crippen MR) is 198 cm³/mol. The summed E-state index contributed by atoms with van der Waals surface area (Å²) >= 11 is 0. The minimum absolute atomic E-state index is 0.932. The highest BCUT2D eigenvalue weighted by atomic mass is 15.1. The van der Waals surface area contributed by atoms with Gasteiger partial charge in [-0.3, -0.25) is 4.98 Å². The van der Waals surface area contributed by atoms with Crippen LogP contribution in [0.4, 0.5) is 17.1 Å². The highest BCUT2D eigenvalue weighted by Crippen LogP contribution is 2.37. The third kappa shape index (κ3) is 6.88. The second kappa shape index (κ2) is 14.2. The number of para-hydroxylation sites is 1. The maximum absolute atomic E-state index is 4.89. The quantitative estimate of drug-likeness (QED) is 0.180. The second-order valence-electron chi connectivity index (χ2n) is 11.2. The summed E-state index contributed by atoms with van der Waals surface area (Å²) in [5.41, 5.74) is 12.3. The minimum atomic E-state index is 0.932. The fourth-order valence-electron chi connectivity index (χ4n) is 5.82. The largest absolute Gasteiger partial charge is 0.311 e. The molecule has 0 saturated heterocycles. The normalized spacial score (nSPS) is 10.6. The highest BCUT2D eigenvalue weighted by Gasteiger charge is 2.14. The number of aromatic nitrogens is 1. The van der Waals surface area contributed by atoms with E-state index in [-0.39, 0.29) is 0 Å². The van der Waals surface area contributed by atoms with Gasteiger partial charge in [-0.1, -0.05) is 158 Å². The van der Waals surface area contributed by atoms with Crippen molar-refractivity contribution in [3.05, 3.63) is 206 Å². The number of rotatable bonds is 7. The Bertz CT molecular complexity index is 2090. The molecule has 7 aromatic rings. The van der Waals surface area contributed by atoms with Gasteiger partial charge in [-0.15, -0.1) is 0 Å². The molecule has 47 heavy (non-hydrogen) atoms. The fourth-order valence-corrected chi connectivity index (χ4v) is 5.82. The van der Waals surface area contributed by atoms with Crippen LogP contribution in [-0.4, -0.2) is 4.98 Å². The van der Waals surface area contributed by atoms with Gasteiger partial charge in [0.2, 0.25) is 0 Å². The van der Waals surface area contributed by atoms with Gasteiger partial charge in [0.25, 0.3) is 0 Å². The number of benzene rings is 6. The molecule has 0 atom stereocenters. The number of hydrogen-bond acceptors (Lipinski definition) is 2. The topological polar surface area (TPSA) is 16.1 Å². The van der Waals surface area contributed by atoms with Gasteiger partial charge >= 0.3 is 0 Å². The Hall–Kier alpha value is -6.25. The van der Waals surface area contributed by atoms with E-state index in [4.69, 9.17) is 4.98 Å². The average molecular weight is 603 g/mol. The standard InChI is InChI=1S/C45H34N2/c1-2-13-21-44(45(46-34-14-3-1)40-17-9-5-10-18-40)39-28-32-43(33-29-39)47(41-19-11-6-12-20-41)42-30-26-38(27-31-42)37-24-22-36(23-25-37)35-15-7-4-8-16-35/h1-34H. The molecular weight excluding hydrogens is 569 g/mol. The van der Waals surface area contributed by atoms with Crippen LogP contribution in [0.15, 0.2) is 206 Å². The molecule has 0 radical (unpaired) electrons. The Morgan fingerprint density at radius 2 is 0.638 bits per heavy atom. The maximum atomic E-state index is 4.89.